The number of esters is 1. The number of nitrogens with zero attached hydrogens (tertiary/aromatic N) is 1. The van der Waals surface area contributed by atoms with Crippen LogP contribution in [0.3, 0.4) is 0 Å². The van der Waals surface area contributed by atoms with Gasteiger partial charge in [-0.15, -0.1) is 0 Å². The number of ether oxygens (including phenoxy) is 1. The third-order valence-electron chi connectivity index (χ3n) is 3.33. The van der Waals surface area contributed by atoms with Crippen LogP contribution in [0.1, 0.15) is 16.7 Å². The van der Waals surface area contributed by atoms with Crippen LogP contribution >= 0.6 is 0 Å². The topological polar surface area (TPSA) is 38.7 Å². The maximum absolute atomic E-state index is 13.6. The van der Waals surface area contributed by atoms with Crippen LogP contribution in [0, 0.1) is 12.7 Å². The van der Waals surface area contributed by atoms with Crippen molar-refractivity contribution >= 4 is 24.0 Å². The van der Waals surface area contributed by atoms with Crippen LogP contribution in [0.25, 0.3) is 12.2 Å². The number of aliphatic imine (C=N–C) groups is 1. The minimum Gasteiger partial charge on any atom is -0.403 e. The second kappa shape index (κ2) is 6.40. The largest absolute Gasteiger partial charge is 0.403 e. The molecule has 0 unspecified atom stereocenters. The van der Waals surface area contributed by atoms with Crippen LogP contribution in [-0.4, -0.2) is 11.9 Å². The second-order valence-corrected chi connectivity index (χ2v) is 5.13. The van der Waals surface area contributed by atoms with Gasteiger partial charge in [0, 0.05) is 11.6 Å². The summed E-state index contributed by atoms with van der Waals surface area (Å²) in [5, 5.41) is 0. The predicted octanol–water partition coefficient (Wildman–Crippen LogP) is 4.14. The van der Waals surface area contributed by atoms with Crippen molar-refractivity contribution in [1.82, 2.24) is 0 Å². The van der Waals surface area contributed by atoms with E-state index in [2.05, 4.69) is 4.99 Å². The van der Waals surface area contributed by atoms with Crippen molar-refractivity contribution in [2.45, 2.75) is 6.92 Å². The van der Waals surface area contributed by atoms with E-state index in [0.29, 0.717) is 5.56 Å². The summed E-state index contributed by atoms with van der Waals surface area (Å²) < 4.78 is 18.7. The molecule has 1 heterocycles. The summed E-state index contributed by atoms with van der Waals surface area (Å²) in [5.41, 5.74) is 2.52. The Balaban J connectivity index is 1.81. The third kappa shape index (κ3) is 3.61. The summed E-state index contributed by atoms with van der Waals surface area (Å²) in [5.74, 6) is -0.804. The van der Waals surface area contributed by atoms with E-state index in [1.807, 2.05) is 31.2 Å². The molecule has 0 fully saturated rings. The maximum Gasteiger partial charge on any atom is 0.363 e. The zero-order chi connectivity index (χ0) is 16.2. The van der Waals surface area contributed by atoms with Gasteiger partial charge in [-0.1, -0.05) is 48.0 Å². The predicted molar refractivity (Wildman–Crippen MR) is 88.1 cm³/mol. The number of halogens is 1. The first-order valence-corrected chi connectivity index (χ1v) is 7.14. The fourth-order valence-electron chi connectivity index (χ4n) is 2.08. The third-order valence-corrected chi connectivity index (χ3v) is 3.33. The molecule has 23 heavy (non-hydrogen) atoms. The van der Waals surface area contributed by atoms with Gasteiger partial charge in [-0.2, -0.15) is 0 Å². The normalized spacial score (nSPS) is 16.0. The highest BCUT2D eigenvalue weighted by atomic mass is 19.1. The summed E-state index contributed by atoms with van der Waals surface area (Å²) >= 11 is 0. The van der Waals surface area contributed by atoms with Crippen LogP contribution in [0.5, 0.6) is 0 Å². The molecule has 0 bridgehead atoms. The van der Waals surface area contributed by atoms with Crippen LogP contribution < -0.4 is 0 Å². The van der Waals surface area contributed by atoms with Gasteiger partial charge in [0.1, 0.15) is 5.82 Å². The Kier molecular flexibility index (Phi) is 4.15. The van der Waals surface area contributed by atoms with E-state index >= 15 is 0 Å². The molecule has 3 rings (SSSR count). The van der Waals surface area contributed by atoms with E-state index in [-0.39, 0.29) is 11.6 Å². The highest BCUT2D eigenvalue weighted by Gasteiger charge is 2.21. The average Bonchev–Trinajstić information content (AvgIpc) is 2.89. The van der Waals surface area contributed by atoms with Gasteiger partial charge in [-0.05, 0) is 30.7 Å². The van der Waals surface area contributed by atoms with Crippen LogP contribution in [0.15, 0.2) is 65.3 Å². The van der Waals surface area contributed by atoms with Crippen LogP contribution in [0.2, 0.25) is 0 Å². The van der Waals surface area contributed by atoms with Crippen molar-refractivity contribution in [1.29, 1.82) is 0 Å². The van der Waals surface area contributed by atoms with Gasteiger partial charge >= 0.3 is 5.97 Å². The molecule has 2 aromatic rings. The molecule has 3 nitrogen and oxygen atoms in total. The molecule has 1 aliphatic heterocycles. The molecule has 1 aliphatic rings. The van der Waals surface area contributed by atoms with Gasteiger partial charge < -0.3 is 4.74 Å². The molecular weight excluding hydrogens is 293 g/mol. The Hall–Kier alpha value is -3.01. The van der Waals surface area contributed by atoms with E-state index < -0.39 is 11.8 Å². The first kappa shape index (κ1) is 14.9. The molecule has 2 aromatic carbocycles. The maximum atomic E-state index is 13.6. The van der Waals surface area contributed by atoms with E-state index in [1.165, 1.54) is 17.7 Å². The van der Waals surface area contributed by atoms with Gasteiger partial charge in [0.15, 0.2) is 5.70 Å². The summed E-state index contributed by atoms with van der Waals surface area (Å²) in [4.78, 5) is 15.9. The van der Waals surface area contributed by atoms with Crippen molar-refractivity contribution in [2.75, 3.05) is 0 Å². The van der Waals surface area contributed by atoms with E-state index in [1.54, 1.807) is 30.4 Å². The number of cyclic esters (lactones) is 1. The molecule has 0 saturated carbocycles. The molecule has 0 amide bonds. The molecule has 0 aromatic heterocycles. The lowest BCUT2D eigenvalue weighted by molar-refractivity contribution is -0.129. The van der Waals surface area contributed by atoms with Gasteiger partial charge in [0.05, 0.1) is 0 Å². The minimum atomic E-state index is -0.586. The number of benzene rings is 2. The van der Waals surface area contributed by atoms with E-state index in [4.69, 9.17) is 4.74 Å². The quantitative estimate of drug-likeness (QED) is 0.631. The lowest BCUT2D eigenvalue weighted by Crippen LogP contribution is -2.01. The van der Waals surface area contributed by atoms with Gasteiger partial charge in [0.2, 0.25) is 5.90 Å². The number of hydrogen-bond acceptors (Lipinski definition) is 3. The molecule has 0 radical (unpaired) electrons. The minimum absolute atomic E-state index is 0.0821. The molecule has 0 saturated heterocycles. The Morgan fingerprint density at radius 3 is 2.52 bits per heavy atom. The van der Waals surface area contributed by atoms with Crippen molar-refractivity contribution in [3.63, 3.8) is 0 Å². The Morgan fingerprint density at radius 2 is 1.78 bits per heavy atom. The highest BCUT2D eigenvalue weighted by molar-refractivity contribution is 6.11. The number of aryl methyl sites for hydroxylation is 1. The molecule has 0 spiro atoms. The van der Waals surface area contributed by atoms with Crippen LogP contribution in [0.4, 0.5) is 4.39 Å². The number of rotatable bonds is 3. The summed E-state index contributed by atoms with van der Waals surface area (Å²) in [6, 6.07) is 14.1. The smallest absolute Gasteiger partial charge is 0.363 e. The number of carbonyl (C=O) groups excluding carboxylic acids is 1. The first-order chi connectivity index (χ1) is 11.1. The molecule has 114 valence electrons. The zero-order valence-electron chi connectivity index (χ0n) is 12.5. The molecular formula is C19H14FNO2. The number of hydrogen-bond donors (Lipinski definition) is 0. The van der Waals surface area contributed by atoms with Gasteiger partial charge in [-0.25, -0.2) is 14.2 Å². The van der Waals surface area contributed by atoms with E-state index in [0.717, 1.165) is 5.56 Å². The molecule has 0 aliphatic carbocycles. The fraction of sp³-hybridized carbons (Fsp3) is 0.0526. The lowest BCUT2D eigenvalue weighted by Gasteiger charge is -1.95. The summed E-state index contributed by atoms with van der Waals surface area (Å²) in [7, 11) is 0. The standard InChI is InChI=1S/C19H14FNO2/c1-13-6-8-14(9-7-13)10-11-18-21-17(19(22)23-18)12-15-4-2-3-5-16(15)20/h2-12H,1H3/b11-10+,17-12-. The number of carbonyl (C=O) groups is 1. The zero-order valence-corrected chi connectivity index (χ0v) is 12.5. The van der Waals surface area contributed by atoms with Crippen molar-refractivity contribution < 1.29 is 13.9 Å². The lowest BCUT2D eigenvalue weighted by atomic mass is 10.1. The first-order valence-electron chi connectivity index (χ1n) is 7.14. The second-order valence-electron chi connectivity index (χ2n) is 5.13. The van der Waals surface area contributed by atoms with Gasteiger partial charge in [-0.3, -0.25) is 0 Å². The van der Waals surface area contributed by atoms with E-state index in [9.17, 15) is 9.18 Å². The monoisotopic (exact) mass is 307 g/mol. The summed E-state index contributed by atoms with van der Waals surface area (Å²) in [6.07, 6.45) is 4.80. The van der Waals surface area contributed by atoms with Crippen LogP contribution in [-0.2, 0) is 9.53 Å². The Labute approximate surface area is 133 Å². The highest BCUT2D eigenvalue weighted by Crippen LogP contribution is 2.18. The molecule has 0 atom stereocenters. The van der Waals surface area contributed by atoms with Crippen molar-refractivity contribution in [3.8, 4) is 0 Å². The van der Waals surface area contributed by atoms with Crippen molar-refractivity contribution in [3.05, 3.63) is 82.8 Å². The SMILES string of the molecule is Cc1ccc(/C=C/C2=NC(=C\c3ccccc3F)/C(=O)O2)cc1. The molecule has 0 N–H and O–H groups in total. The Morgan fingerprint density at radius 1 is 1.04 bits per heavy atom. The fourth-order valence-corrected chi connectivity index (χ4v) is 2.08. The average molecular weight is 307 g/mol. The van der Waals surface area contributed by atoms with Gasteiger partial charge in [0.25, 0.3) is 0 Å². The molecule has 4 heteroatoms. The Bertz CT molecular complexity index is 833. The summed E-state index contributed by atoms with van der Waals surface area (Å²) in [6.45, 7) is 2.01. The van der Waals surface area contributed by atoms with Crippen molar-refractivity contribution in [2.24, 2.45) is 4.99 Å².